The largest absolute Gasteiger partial charge is 0.479 e. The van der Waals surface area contributed by atoms with Gasteiger partial charge in [-0.15, -0.1) is 0 Å². The zero-order valence-electron chi connectivity index (χ0n) is 20.5. The lowest BCUT2D eigenvalue weighted by molar-refractivity contribution is -0.139. The number of pyridine rings is 2. The summed E-state index contributed by atoms with van der Waals surface area (Å²) in [4.78, 5) is 32.4. The highest BCUT2D eigenvalue weighted by Gasteiger charge is 2.29. The highest BCUT2D eigenvalue weighted by Crippen LogP contribution is 2.22. The fourth-order valence-electron chi connectivity index (χ4n) is 3.28. The number of nitrogens with zero attached hydrogens (tertiary/aromatic N) is 3. The second kappa shape index (κ2) is 11.8. The van der Waals surface area contributed by atoms with E-state index in [2.05, 4.69) is 31.2 Å². The molecule has 1 amide bonds. The van der Waals surface area contributed by atoms with Gasteiger partial charge in [0, 0.05) is 23.4 Å². The van der Waals surface area contributed by atoms with Gasteiger partial charge in [0.25, 0.3) is 0 Å². The molecule has 1 atom stereocenters. The summed E-state index contributed by atoms with van der Waals surface area (Å²) < 4.78 is 34.2. The number of amides is 1. The minimum Gasteiger partial charge on any atom is -0.479 e. The quantitative estimate of drug-likeness (QED) is 0.376. The van der Waals surface area contributed by atoms with Crippen molar-refractivity contribution in [2.75, 3.05) is 0 Å². The molecule has 0 bridgehead atoms. The summed E-state index contributed by atoms with van der Waals surface area (Å²) in [6.45, 7) is 4.85. The Bertz CT molecular complexity index is 1350. The van der Waals surface area contributed by atoms with Crippen molar-refractivity contribution in [1.29, 1.82) is 0 Å². The van der Waals surface area contributed by atoms with E-state index in [1.165, 1.54) is 34.9 Å². The molecule has 0 aliphatic carbocycles. The Morgan fingerprint density at radius 3 is 2.38 bits per heavy atom. The lowest BCUT2D eigenvalue weighted by Gasteiger charge is -2.23. The second-order valence-corrected chi connectivity index (χ2v) is 11.9. The lowest BCUT2D eigenvalue weighted by Crippen LogP contribution is -2.38. The van der Waals surface area contributed by atoms with E-state index in [1.54, 1.807) is 45.0 Å². The Hall–Kier alpha value is -3.35. The molecule has 1 aromatic carbocycles. The molecule has 1 unspecified atom stereocenters. The normalized spacial score (nSPS) is 12.7. The molecule has 10 nitrogen and oxygen atoms in total. The molecular weight excluding hydrogens is 564 g/mol. The van der Waals surface area contributed by atoms with Crippen LogP contribution in [0.4, 0.5) is 4.79 Å². The van der Waals surface area contributed by atoms with Crippen LogP contribution in [0.5, 0.6) is 0 Å². The molecule has 37 heavy (non-hydrogen) atoms. The Morgan fingerprint density at radius 2 is 1.78 bits per heavy atom. The zero-order valence-corrected chi connectivity index (χ0v) is 22.9. The predicted octanol–water partition coefficient (Wildman–Crippen LogP) is 4.28. The van der Waals surface area contributed by atoms with Crippen LogP contribution < -0.4 is 5.32 Å². The SMILES string of the molecule is CC(C)(C)OC(=O)NC(C(=O)O)c1cccc(CN(Cc2ccc(Br)cc2)S(=O)(=O)c2cccnc2)n1. The van der Waals surface area contributed by atoms with E-state index in [-0.39, 0.29) is 23.7 Å². The Kier molecular flexibility index (Phi) is 9.00. The molecule has 3 aromatic rings. The van der Waals surface area contributed by atoms with Crippen LogP contribution in [-0.2, 0) is 32.6 Å². The Balaban J connectivity index is 1.92. The number of halogens is 1. The summed E-state index contributed by atoms with van der Waals surface area (Å²) >= 11 is 3.37. The number of aliphatic carboxylic acids is 1. The number of aromatic nitrogens is 2. The maximum Gasteiger partial charge on any atom is 0.408 e. The van der Waals surface area contributed by atoms with Crippen LogP contribution in [0.15, 0.2) is 76.4 Å². The number of benzene rings is 1. The lowest BCUT2D eigenvalue weighted by atomic mass is 10.1. The third-order valence-corrected chi connectivity index (χ3v) is 7.22. The number of alkyl carbamates (subject to hydrolysis) is 1. The monoisotopic (exact) mass is 590 g/mol. The van der Waals surface area contributed by atoms with Gasteiger partial charge in [-0.2, -0.15) is 4.31 Å². The summed E-state index contributed by atoms with van der Waals surface area (Å²) in [5.41, 5.74) is 0.232. The number of carbonyl (C=O) groups excluding carboxylic acids is 1. The molecule has 0 spiro atoms. The number of hydrogen-bond donors (Lipinski definition) is 2. The second-order valence-electron chi connectivity index (χ2n) is 9.06. The number of sulfonamides is 1. The van der Waals surface area contributed by atoms with Crippen molar-refractivity contribution >= 4 is 38.0 Å². The van der Waals surface area contributed by atoms with Crippen molar-refractivity contribution in [3.63, 3.8) is 0 Å². The van der Waals surface area contributed by atoms with Gasteiger partial charge in [0.05, 0.1) is 17.9 Å². The maximum absolute atomic E-state index is 13.5. The molecule has 196 valence electrons. The minimum absolute atomic E-state index is 0.0123. The summed E-state index contributed by atoms with van der Waals surface area (Å²) in [6, 6.07) is 13.3. The van der Waals surface area contributed by atoms with Crippen LogP contribution in [0, 0.1) is 0 Å². The number of nitrogens with one attached hydrogen (secondary N) is 1. The molecule has 12 heteroatoms. The fourth-order valence-corrected chi connectivity index (χ4v) is 4.91. The zero-order chi connectivity index (χ0) is 27.2. The maximum atomic E-state index is 13.5. The molecule has 0 radical (unpaired) electrons. The van der Waals surface area contributed by atoms with Crippen molar-refractivity contribution in [3.05, 3.63) is 88.4 Å². The van der Waals surface area contributed by atoms with Crippen molar-refractivity contribution < 1.29 is 27.9 Å². The average Bonchev–Trinajstić information content (AvgIpc) is 2.83. The van der Waals surface area contributed by atoms with E-state index in [0.29, 0.717) is 5.69 Å². The third kappa shape index (κ3) is 8.07. The molecule has 0 aliphatic heterocycles. The van der Waals surface area contributed by atoms with E-state index < -0.39 is 33.7 Å². The summed E-state index contributed by atoms with van der Waals surface area (Å²) in [6.07, 6.45) is 1.83. The first-order chi connectivity index (χ1) is 17.3. The number of rotatable bonds is 9. The van der Waals surface area contributed by atoms with Crippen LogP contribution in [0.3, 0.4) is 0 Å². The molecule has 2 N–H and O–H groups in total. The Morgan fingerprint density at radius 1 is 1.08 bits per heavy atom. The number of carbonyl (C=O) groups is 2. The van der Waals surface area contributed by atoms with Crippen molar-refractivity contribution in [2.45, 2.75) is 50.4 Å². The van der Waals surface area contributed by atoms with E-state index in [9.17, 15) is 23.1 Å². The fraction of sp³-hybridized carbons (Fsp3) is 0.280. The summed E-state index contributed by atoms with van der Waals surface area (Å²) in [7, 11) is -3.98. The molecule has 0 saturated heterocycles. The first-order valence-electron chi connectivity index (χ1n) is 11.2. The van der Waals surface area contributed by atoms with Crippen molar-refractivity contribution in [3.8, 4) is 0 Å². The van der Waals surface area contributed by atoms with Crippen LogP contribution in [0.2, 0.25) is 0 Å². The first kappa shape index (κ1) is 28.2. The van der Waals surface area contributed by atoms with Gasteiger partial charge < -0.3 is 15.2 Å². The van der Waals surface area contributed by atoms with Crippen LogP contribution in [0.25, 0.3) is 0 Å². The van der Waals surface area contributed by atoms with Gasteiger partial charge in [-0.05, 0) is 62.7 Å². The number of ether oxygens (including phenoxy) is 1. The highest BCUT2D eigenvalue weighted by molar-refractivity contribution is 9.10. The van der Waals surface area contributed by atoms with E-state index in [4.69, 9.17) is 4.74 Å². The molecule has 3 rings (SSSR count). The number of carboxylic acid groups (broad SMARTS) is 1. The predicted molar refractivity (Wildman–Crippen MR) is 139 cm³/mol. The summed E-state index contributed by atoms with van der Waals surface area (Å²) in [5, 5.41) is 12.0. The van der Waals surface area contributed by atoms with Crippen LogP contribution >= 0.6 is 15.9 Å². The number of hydrogen-bond acceptors (Lipinski definition) is 7. The third-order valence-electron chi connectivity index (χ3n) is 4.91. The van der Waals surface area contributed by atoms with Crippen LogP contribution in [-0.4, -0.2) is 45.5 Å². The smallest absolute Gasteiger partial charge is 0.408 e. The molecule has 0 saturated carbocycles. The van der Waals surface area contributed by atoms with Crippen molar-refractivity contribution in [1.82, 2.24) is 19.6 Å². The standard InChI is InChI=1S/C25H27BrN4O6S/c1-25(2,3)36-24(33)29-22(23(31)32)21-8-4-6-19(28-21)16-30(15-17-9-11-18(26)12-10-17)37(34,35)20-7-5-13-27-14-20/h4-14,22H,15-16H2,1-3H3,(H,29,33)(H,31,32). The van der Waals surface area contributed by atoms with Gasteiger partial charge in [-0.1, -0.05) is 34.1 Å². The number of carboxylic acids is 1. The van der Waals surface area contributed by atoms with Gasteiger partial charge in [-0.3, -0.25) is 9.97 Å². The first-order valence-corrected chi connectivity index (χ1v) is 13.4. The van der Waals surface area contributed by atoms with Gasteiger partial charge in [0.1, 0.15) is 10.5 Å². The van der Waals surface area contributed by atoms with E-state index >= 15 is 0 Å². The minimum atomic E-state index is -3.98. The van der Waals surface area contributed by atoms with Crippen LogP contribution in [0.1, 0.15) is 43.8 Å². The van der Waals surface area contributed by atoms with E-state index in [1.807, 2.05) is 12.1 Å². The van der Waals surface area contributed by atoms with Gasteiger partial charge in [0.15, 0.2) is 6.04 Å². The van der Waals surface area contributed by atoms with Gasteiger partial charge >= 0.3 is 12.1 Å². The molecule has 0 aliphatic rings. The molecule has 0 fully saturated rings. The van der Waals surface area contributed by atoms with Gasteiger partial charge in [-0.25, -0.2) is 18.0 Å². The highest BCUT2D eigenvalue weighted by atomic mass is 79.9. The average molecular weight is 591 g/mol. The van der Waals surface area contributed by atoms with Gasteiger partial charge in [0.2, 0.25) is 10.0 Å². The van der Waals surface area contributed by atoms with Crippen molar-refractivity contribution in [2.24, 2.45) is 0 Å². The molecule has 2 aromatic heterocycles. The summed E-state index contributed by atoms with van der Waals surface area (Å²) in [5.74, 6) is -1.34. The van der Waals surface area contributed by atoms with E-state index in [0.717, 1.165) is 10.0 Å². The Labute approximate surface area is 223 Å². The molecule has 2 heterocycles. The topological polar surface area (TPSA) is 139 Å². The molecular formula is C25H27BrN4O6S.